The molecule has 0 spiro atoms. The number of amides is 7. The second-order valence-corrected chi connectivity index (χ2v) is 23.5. The van der Waals surface area contributed by atoms with Gasteiger partial charge in [0.2, 0.25) is 23.6 Å². The zero-order valence-electron chi connectivity index (χ0n) is 55.3. The maximum absolute atomic E-state index is 14.2. The van der Waals surface area contributed by atoms with Gasteiger partial charge in [0, 0.05) is 25.3 Å². The van der Waals surface area contributed by atoms with Crippen LogP contribution in [-0.4, -0.2) is 99.9 Å². The van der Waals surface area contributed by atoms with Crippen molar-refractivity contribution in [3.8, 4) is 17.2 Å². The highest BCUT2D eigenvalue weighted by Crippen LogP contribution is 2.31. The van der Waals surface area contributed by atoms with Gasteiger partial charge in [0.25, 0.3) is 17.7 Å². The highest BCUT2D eigenvalue weighted by molar-refractivity contribution is 6.05. The third-order valence-electron chi connectivity index (χ3n) is 15.7. The standard InChI is InChI=1S/C70H119N7O10/c1-8-14-20-26-31-36-42-59(69(83)71-7)77-70(84)60(43-37-32-27-21-15-9-2)76-65(79)54-74-67(81)56-50-55(44-45-61(56)85-47-39-33-28-22-16-10-3)75-64(78)53-73-68(82)58-51-57(66(80)72-46-38-25-19-13-6)62(86-48-40-34-29-23-17-11-4)52-63(58)87-49-41-35-30-24-18-12-5/h44-45,50-52,59-60H,8-43,46-49,53-54H2,1-7H3,(H,71,83)(H,72,80)(H,73,82)(H,74,81)(H,75,78)(H,76,79)(H,77,84)/t59-,60-/m0/s1. The van der Waals surface area contributed by atoms with E-state index in [1.807, 2.05) is 0 Å². The molecule has 2 aromatic carbocycles. The molecule has 0 saturated heterocycles. The minimum absolute atomic E-state index is 0.0715. The molecule has 17 nitrogen and oxygen atoms in total. The third kappa shape index (κ3) is 35.7. The molecule has 0 unspecified atom stereocenters. The molecule has 0 radical (unpaired) electrons. The average molecular weight is 1220 g/mol. The van der Waals surface area contributed by atoms with Gasteiger partial charge in [-0.3, -0.25) is 33.6 Å². The Morgan fingerprint density at radius 3 is 1.18 bits per heavy atom. The zero-order valence-corrected chi connectivity index (χ0v) is 55.3. The van der Waals surface area contributed by atoms with Crippen LogP contribution in [0.5, 0.6) is 17.2 Å². The van der Waals surface area contributed by atoms with E-state index in [9.17, 15) is 33.6 Å². The minimum Gasteiger partial charge on any atom is -0.493 e. The summed E-state index contributed by atoms with van der Waals surface area (Å²) in [5, 5.41) is 19.7. The van der Waals surface area contributed by atoms with E-state index in [1.165, 1.54) is 25.0 Å². The molecule has 17 heteroatoms. The number of unbranched alkanes of at least 4 members (excludes halogenated alkanes) is 28. The van der Waals surface area contributed by atoms with Crippen molar-refractivity contribution in [1.82, 2.24) is 31.9 Å². The molecule has 0 saturated carbocycles. The van der Waals surface area contributed by atoms with E-state index in [0.717, 1.165) is 199 Å². The van der Waals surface area contributed by atoms with Crippen LogP contribution in [-0.2, 0) is 19.2 Å². The molecular weight excluding hydrogens is 1100 g/mol. The topological polar surface area (TPSA) is 231 Å². The molecule has 7 N–H and O–H groups in total. The van der Waals surface area contributed by atoms with Crippen molar-refractivity contribution >= 4 is 47.0 Å². The third-order valence-corrected chi connectivity index (χ3v) is 15.7. The predicted molar refractivity (Wildman–Crippen MR) is 353 cm³/mol. The molecule has 0 heterocycles. The molecule has 7 amide bonds. The first-order valence-corrected chi connectivity index (χ1v) is 34.5. The summed E-state index contributed by atoms with van der Waals surface area (Å²) in [5.41, 5.74) is 0.620. The number of hydrogen-bond acceptors (Lipinski definition) is 10. The molecule has 2 atom stereocenters. The molecular formula is C70H119N7O10. The Balaban J connectivity index is 2.39. The second-order valence-electron chi connectivity index (χ2n) is 23.5. The number of carbonyl (C=O) groups is 7. The lowest BCUT2D eigenvalue weighted by atomic mass is 10.0. The number of anilines is 1. The van der Waals surface area contributed by atoms with Crippen LogP contribution >= 0.6 is 0 Å². The minimum atomic E-state index is -0.934. The van der Waals surface area contributed by atoms with E-state index < -0.39 is 54.7 Å². The molecule has 2 rings (SSSR count). The zero-order chi connectivity index (χ0) is 63.5. The molecule has 0 aromatic heterocycles. The van der Waals surface area contributed by atoms with Gasteiger partial charge in [0.15, 0.2) is 0 Å². The first-order valence-electron chi connectivity index (χ1n) is 34.5. The fraction of sp³-hybridized carbons (Fsp3) is 0.729. The van der Waals surface area contributed by atoms with Gasteiger partial charge in [-0.2, -0.15) is 0 Å². The Morgan fingerprint density at radius 2 is 0.736 bits per heavy atom. The monoisotopic (exact) mass is 1220 g/mol. The number of rotatable bonds is 55. The van der Waals surface area contributed by atoms with Crippen LogP contribution in [0.15, 0.2) is 30.3 Å². The Kier molecular flexibility index (Phi) is 45.3. The number of likely N-dealkylation sites (N-methyl/N-ethyl adjacent to an activating group) is 1. The average Bonchev–Trinajstić information content (AvgIpc) is 1.52. The highest BCUT2D eigenvalue weighted by Gasteiger charge is 2.27. The van der Waals surface area contributed by atoms with Crippen LogP contribution in [0.3, 0.4) is 0 Å². The Morgan fingerprint density at radius 1 is 0.368 bits per heavy atom. The van der Waals surface area contributed by atoms with Crippen molar-refractivity contribution in [2.45, 2.75) is 285 Å². The van der Waals surface area contributed by atoms with Crippen LogP contribution in [0.25, 0.3) is 0 Å². The molecule has 0 aliphatic rings. The van der Waals surface area contributed by atoms with Crippen LogP contribution in [0.2, 0.25) is 0 Å². The van der Waals surface area contributed by atoms with Gasteiger partial charge in [-0.1, -0.05) is 234 Å². The van der Waals surface area contributed by atoms with Gasteiger partial charge < -0.3 is 51.4 Å². The normalized spacial score (nSPS) is 11.7. The van der Waals surface area contributed by atoms with Gasteiger partial charge in [-0.15, -0.1) is 0 Å². The summed E-state index contributed by atoms with van der Waals surface area (Å²) in [6.07, 6.45) is 35.7. The maximum Gasteiger partial charge on any atom is 0.255 e. The van der Waals surface area contributed by atoms with E-state index in [2.05, 4.69) is 78.8 Å². The SMILES string of the molecule is CCCCCCCCOc1cc(OCCCCCCCC)c(C(=O)NCC(=O)Nc2ccc(OCCCCCCCC)c(C(=O)NCC(=O)N[C@@H](CCCCCCCC)C(=O)N[C@@H](CCCCCCCC)C(=O)NC)c2)cc1C(=O)NCCCCCC. The van der Waals surface area contributed by atoms with Crippen LogP contribution in [0.4, 0.5) is 5.69 Å². The molecule has 494 valence electrons. The van der Waals surface area contributed by atoms with Gasteiger partial charge in [0.05, 0.1) is 49.6 Å². The van der Waals surface area contributed by atoms with E-state index in [4.69, 9.17) is 14.2 Å². The van der Waals surface area contributed by atoms with Gasteiger partial charge >= 0.3 is 0 Å². The molecule has 0 aliphatic heterocycles. The Labute approximate surface area is 525 Å². The fourth-order valence-corrected chi connectivity index (χ4v) is 10.3. The summed E-state index contributed by atoms with van der Waals surface area (Å²) in [7, 11) is 1.54. The number of nitrogens with one attached hydrogen (secondary N) is 7. The fourth-order valence-electron chi connectivity index (χ4n) is 10.3. The first kappa shape index (κ1) is 77.2. The van der Waals surface area contributed by atoms with E-state index >= 15 is 0 Å². The summed E-state index contributed by atoms with van der Waals surface area (Å²) in [6, 6.07) is 6.11. The van der Waals surface area contributed by atoms with E-state index in [1.54, 1.807) is 25.2 Å². The molecule has 0 fully saturated rings. The van der Waals surface area contributed by atoms with Crippen LogP contribution < -0.4 is 51.4 Å². The van der Waals surface area contributed by atoms with E-state index in [0.29, 0.717) is 51.4 Å². The number of hydrogen-bond donors (Lipinski definition) is 7. The summed E-state index contributed by atoms with van der Waals surface area (Å²) in [5.74, 6) is -2.69. The van der Waals surface area contributed by atoms with Crippen molar-refractivity contribution in [2.75, 3.05) is 51.8 Å². The molecule has 0 bridgehead atoms. The second kappa shape index (κ2) is 51.1. The van der Waals surface area contributed by atoms with Crippen LogP contribution in [0.1, 0.15) is 304 Å². The molecule has 0 aliphatic carbocycles. The summed E-state index contributed by atoms with van der Waals surface area (Å²) in [6.45, 7) is 13.6. The predicted octanol–water partition coefficient (Wildman–Crippen LogP) is 14.5. The van der Waals surface area contributed by atoms with Gasteiger partial charge in [0.1, 0.15) is 29.3 Å². The largest absolute Gasteiger partial charge is 0.493 e. The first-order chi connectivity index (χ1) is 42.4. The Hall–Kier alpha value is -5.87. The molecule has 87 heavy (non-hydrogen) atoms. The number of carbonyl (C=O) groups excluding carboxylic acids is 7. The van der Waals surface area contributed by atoms with Crippen molar-refractivity contribution < 1.29 is 47.8 Å². The summed E-state index contributed by atoms with van der Waals surface area (Å²) in [4.78, 5) is 96.6. The van der Waals surface area contributed by atoms with E-state index in [-0.39, 0.29) is 45.7 Å². The Bertz CT molecular complexity index is 2230. The van der Waals surface area contributed by atoms with Crippen molar-refractivity contribution in [1.29, 1.82) is 0 Å². The highest BCUT2D eigenvalue weighted by atomic mass is 16.5. The summed E-state index contributed by atoms with van der Waals surface area (Å²) < 4.78 is 18.8. The molecule has 2 aromatic rings. The quantitative estimate of drug-likeness (QED) is 0.0310. The van der Waals surface area contributed by atoms with Crippen molar-refractivity contribution in [3.05, 3.63) is 47.0 Å². The number of ether oxygens (including phenoxy) is 3. The van der Waals surface area contributed by atoms with Crippen molar-refractivity contribution in [3.63, 3.8) is 0 Å². The number of benzene rings is 2. The van der Waals surface area contributed by atoms with Gasteiger partial charge in [-0.05, 0) is 62.8 Å². The smallest absolute Gasteiger partial charge is 0.255 e. The van der Waals surface area contributed by atoms with Gasteiger partial charge in [-0.25, -0.2) is 0 Å². The lowest BCUT2D eigenvalue weighted by Gasteiger charge is -2.23. The van der Waals surface area contributed by atoms with Crippen LogP contribution in [0, 0.1) is 0 Å². The summed E-state index contributed by atoms with van der Waals surface area (Å²) >= 11 is 0. The lowest BCUT2D eigenvalue weighted by Crippen LogP contribution is -2.54. The lowest BCUT2D eigenvalue weighted by molar-refractivity contribution is -0.132. The maximum atomic E-state index is 14.2. The van der Waals surface area contributed by atoms with Crippen molar-refractivity contribution in [2.24, 2.45) is 0 Å².